The Balaban J connectivity index is 3.12. The molecule has 0 radical (unpaired) electrons. The monoisotopic (exact) mass is 183 g/mol. The first-order valence-corrected chi connectivity index (χ1v) is 3.52. The third kappa shape index (κ3) is 1.88. The second-order valence-corrected chi connectivity index (χ2v) is 2.56. The number of rotatable bonds is 2. The Morgan fingerprint density at radius 3 is 2.54 bits per heavy atom. The molecule has 0 heterocycles. The number of carbonyl (C=O) groups is 1. The van der Waals surface area contributed by atoms with E-state index in [0.717, 1.165) is 6.07 Å². The minimum absolute atomic E-state index is 0.00694. The summed E-state index contributed by atoms with van der Waals surface area (Å²) in [5.41, 5.74) is 5.23. The topological polar surface area (TPSA) is 104 Å². The van der Waals surface area contributed by atoms with E-state index in [-0.39, 0.29) is 17.1 Å². The quantitative estimate of drug-likeness (QED) is 0.490. The fraction of sp³-hybridized carbons (Fsp3) is 0.125. The van der Waals surface area contributed by atoms with Crippen LogP contribution in [-0.4, -0.2) is 21.3 Å². The molecule has 0 aliphatic rings. The molecule has 0 aliphatic carbocycles. The molecular weight excluding hydrogens is 174 g/mol. The van der Waals surface area contributed by atoms with E-state index in [4.69, 9.17) is 15.9 Å². The van der Waals surface area contributed by atoms with Crippen molar-refractivity contribution in [2.45, 2.75) is 6.04 Å². The summed E-state index contributed by atoms with van der Waals surface area (Å²) in [7, 11) is 0. The molecule has 0 saturated heterocycles. The van der Waals surface area contributed by atoms with Crippen LogP contribution < -0.4 is 5.73 Å². The van der Waals surface area contributed by atoms with Crippen LogP contribution in [0.2, 0.25) is 0 Å². The molecule has 0 unspecified atom stereocenters. The number of hydrogen-bond acceptors (Lipinski definition) is 4. The van der Waals surface area contributed by atoms with Gasteiger partial charge in [0.1, 0.15) is 17.5 Å². The minimum atomic E-state index is -1.33. The van der Waals surface area contributed by atoms with E-state index in [1.165, 1.54) is 12.1 Å². The van der Waals surface area contributed by atoms with Gasteiger partial charge in [-0.15, -0.1) is 0 Å². The van der Waals surface area contributed by atoms with Crippen LogP contribution in [0.15, 0.2) is 18.2 Å². The van der Waals surface area contributed by atoms with E-state index in [1.807, 2.05) is 0 Å². The van der Waals surface area contributed by atoms with Crippen molar-refractivity contribution in [1.29, 1.82) is 0 Å². The predicted molar refractivity (Wildman–Crippen MR) is 44.3 cm³/mol. The summed E-state index contributed by atoms with van der Waals surface area (Å²) in [6.07, 6.45) is 0. The smallest absolute Gasteiger partial charge is 0.325 e. The molecule has 0 saturated carbocycles. The Bertz CT molecular complexity index is 337. The van der Waals surface area contributed by atoms with Gasteiger partial charge in [-0.1, -0.05) is 0 Å². The average Bonchev–Trinajstić information content (AvgIpc) is 2.08. The number of carboxylic acid groups (broad SMARTS) is 1. The van der Waals surface area contributed by atoms with Gasteiger partial charge in [0.25, 0.3) is 0 Å². The lowest BCUT2D eigenvalue weighted by Gasteiger charge is -2.08. The van der Waals surface area contributed by atoms with Crippen molar-refractivity contribution in [2.75, 3.05) is 0 Å². The second kappa shape index (κ2) is 3.32. The molecule has 13 heavy (non-hydrogen) atoms. The van der Waals surface area contributed by atoms with Crippen LogP contribution in [0.3, 0.4) is 0 Å². The van der Waals surface area contributed by atoms with Gasteiger partial charge in [-0.25, -0.2) is 0 Å². The number of aliphatic carboxylic acids is 1. The first kappa shape index (κ1) is 9.34. The fourth-order valence-corrected chi connectivity index (χ4v) is 0.924. The molecule has 0 aromatic heterocycles. The largest absolute Gasteiger partial charge is 0.508 e. The number of aromatic hydroxyl groups is 2. The number of nitrogens with two attached hydrogens (primary N) is 1. The molecule has 0 spiro atoms. The van der Waals surface area contributed by atoms with Gasteiger partial charge in [0, 0.05) is 5.56 Å². The Morgan fingerprint density at radius 1 is 1.38 bits per heavy atom. The maximum atomic E-state index is 10.4. The highest BCUT2D eigenvalue weighted by molar-refractivity contribution is 5.76. The molecule has 0 amide bonds. The normalized spacial score (nSPS) is 12.4. The van der Waals surface area contributed by atoms with Crippen LogP contribution in [0.25, 0.3) is 0 Å². The van der Waals surface area contributed by atoms with E-state index in [2.05, 4.69) is 0 Å². The van der Waals surface area contributed by atoms with Crippen molar-refractivity contribution >= 4 is 5.97 Å². The summed E-state index contributed by atoms with van der Waals surface area (Å²) in [5, 5.41) is 26.7. The zero-order chi connectivity index (χ0) is 10.0. The van der Waals surface area contributed by atoms with Gasteiger partial charge in [-0.05, 0) is 18.2 Å². The van der Waals surface area contributed by atoms with Crippen LogP contribution >= 0.6 is 0 Å². The summed E-state index contributed by atoms with van der Waals surface area (Å²) < 4.78 is 0. The van der Waals surface area contributed by atoms with Crippen molar-refractivity contribution in [1.82, 2.24) is 0 Å². The third-order valence-corrected chi connectivity index (χ3v) is 1.61. The van der Waals surface area contributed by atoms with Gasteiger partial charge < -0.3 is 21.1 Å². The van der Waals surface area contributed by atoms with Crippen LogP contribution in [0, 0.1) is 0 Å². The summed E-state index contributed by atoms with van der Waals surface area (Å²) in [6, 6.07) is 2.22. The highest BCUT2D eigenvalue weighted by atomic mass is 16.4. The number of phenolic OH excluding ortho intramolecular Hbond substituents is 2. The first-order chi connectivity index (χ1) is 6.02. The summed E-state index contributed by atoms with van der Waals surface area (Å²) >= 11 is 0. The molecule has 0 aliphatic heterocycles. The van der Waals surface area contributed by atoms with Gasteiger partial charge in [0.05, 0.1) is 0 Å². The van der Waals surface area contributed by atoms with Crippen LogP contribution in [-0.2, 0) is 4.79 Å². The number of benzene rings is 1. The van der Waals surface area contributed by atoms with Gasteiger partial charge in [0.2, 0.25) is 0 Å². The van der Waals surface area contributed by atoms with E-state index < -0.39 is 12.0 Å². The lowest BCUT2D eigenvalue weighted by molar-refractivity contribution is -0.138. The highest BCUT2D eigenvalue weighted by Gasteiger charge is 2.18. The van der Waals surface area contributed by atoms with Crippen LogP contribution in [0.5, 0.6) is 11.5 Å². The summed E-state index contributed by atoms with van der Waals surface area (Å²) in [6.45, 7) is 0. The Morgan fingerprint density at radius 2 is 2.00 bits per heavy atom. The Labute approximate surface area is 74.0 Å². The SMILES string of the molecule is N[C@@H](C(=O)O)c1cc(O)ccc1O. The second-order valence-electron chi connectivity index (χ2n) is 2.56. The average molecular weight is 183 g/mol. The molecule has 5 N–H and O–H groups in total. The highest BCUT2D eigenvalue weighted by Crippen LogP contribution is 2.26. The maximum absolute atomic E-state index is 10.4. The number of hydrogen-bond donors (Lipinski definition) is 4. The van der Waals surface area contributed by atoms with Crippen molar-refractivity contribution in [3.63, 3.8) is 0 Å². The van der Waals surface area contributed by atoms with Gasteiger partial charge >= 0.3 is 5.97 Å². The molecule has 70 valence electrons. The minimum Gasteiger partial charge on any atom is -0.508 e. The van der Waals surface area contributed by atoms with E-state index in [1.54, 1.807) is 0 Å². The van der Waals surface area contributed by atoms with Crippen molar-refractivity contribution in [2.24, 2.45) is 5.73 Å². The molecule has 5 heteroatoms. The van der Waals surface area contributed by atoms with Gasteiger partial charge in [-0.3, -0.25) is 4.79 Å². The van der Waals surface area contributed by atoms with Crippen LogP contribution in [0.1, 0.15) is 11.6 Å². The molecule has 5 nitrogen and oxygen atoms in total. The molecule has 1 rings (SSSR count). The van der Waals surface area contributed by atoms with Crippen LogP contribution in [0.4, 0.5) is 0 Å². The third-order valence-electron chi connectivity index (χ3n) is 1.61. The molecule has 1 aromatic rings. The Hall–Kier alpha value is -1.75. The summed E-state index contributed by atoms with van der Waals surface area (Å²) in [4.78, 5) is 10.4. The van der Waals surface area contributed by atoms with Crippen molar-refractivity contribution in [3.8, 4) is 11.5 Å². The first-order valence-electron chi connectivity index (χ1n) is 3.52. The maximum Gasteiger partial charge on any atom is 0.325 e. The van der Waals surface area contributed by atoms with Gasteiger partial charge in [0.15, 0.2) is 0 Å². The lowest BCUT2D eigenvalue weighted by atomic mass is 10.1. The fourth-order valence-electron chi connectivity index (χ4n) is 0.924. The van der Waals surface area contributed by atoms with E-state index in [0.29, 0.717) is 0 Å². The molecule has 0 bridgehead atoms. The lowest BCUT2D eigenvalue weighted by Crippen LogP contribution is -2.20. The molecule has 1 aromatic carbocycles. The standard InChI is InChI=1S/C8H9NO4/c9-7(8(12)13)5-3-4(10)1-2-6(5)11/h1-3,7,10-11H,9H2,(H,12,13)/t7-/m1/s1. The number of carboxylic acids is 1. The Kier molecular flexibility index (Phi) is 2.39. The molecule has 0 fully saturated rings. The number of phenols is 2. The summed E-state index contributed by atoms with van der Waals surface area (Å²) in [5.74, 6) is -1.64. The zero-order valence-corrected chi connectivity index (χ0v) is 6.64. The molecular formula is C8H9NO4. The van der Waals surface area contributed by atoms with Gasteiger partial charge in [-0.2, -0.15) is 0 Å². The van der Waals surface area contributed by atoms with E-state index >= 15 is 0 Å². The molecule has 1 atom stereocenters. The van der Waals surface area contributed by atoms with E-state index in [9.17, 15) is 9.90 Å². The van der Waals surface area contributed by atoms with Crippen molar-refractivity contribution < 1.29 is 20.1 Å². The van der Waals surface area contributed by atoms with Crippen molar-refractivity contribution in [3.05, 3.63) is 23.8 Å². The zero-order valence-electron chi connectivity index (χ0n) is 6.64. The predicted octanol–water partition coefficient (Wildman–Crippen LogP) is 0.182.